The number of likely N-dealkylation sites (tertiary alicyclic amines) is 2. The van der Waals surface area contributed by atoms with E-state index in [1.807, 2.05) is 4.90 Å². The molecule has 1 aliphatic carbocycles. The van der Waals surface area contributed by atoms with Crippen molar-refractivity contribution in [1.29, 1.82) is 0 Å². The van der Waals surface area contributed by atoms with Crippen LogP contribution in [0.4, 0.5) is 4.79 Å². The molecule has 23 heavy (non-hydrogen) atoms. The molecule has 0 radical (unpaired) electrons. The van der Waals surface area contributed by atoms with Crippen molar-refractivity contribution in [3.05, 3.63) is 0 Å². The molecule has 4 aliphatic rings. The van der Waals surface area contributed by atoms with Gasteiger partial charge in [-0.2, -0.15) is 0 Å². The summed E-state index contributed by atoms with van der Waals surface area (Å²) in [4.78, 5) is 19.8. The van der Waals surface area contributed by atoms with Crippen molar-refractivity contribution in [1.82, 2.24) is 25.3 Å². The number of carbonyl (C=O) groups excluding carboxylic acids is 1. The Morgan fingerprint density at radius 2 is 1.74 bits per heavy atom. The molecule has 0 aromatic heterocycles. The maximum Gasteiger partial charge on any atom is 0.317 e. The molecule has 2 N–H and O–H groups in total. The molecule has 3 aliphatic heterocycles. The van der Waals surface area contributed by atoms with Crippen molar-refractivity contribution < 1.29 is 4.79 Å². The highest BCUT2D eigenvalue weighted by molar-refractivity contribution is 5.75. The molecule has 3 unspecified atom stereocenters. The second kappa shape index (κ2) is 6.57. The first-order chi connectivity index (χ1) is 11.2. The van der Waals surface area contributed by atoms with Gasteiger partial charge in [0.15, 0.2) is 0 Å². The van der Waals surface area contributed by atoms with Crippen LogP contribution in [0.5, 0.6) is 0 Å². The lowest BCUT2D eigenvalue weighted by Crippen LogP contribution is -2.51. The lowest BCUT2D eigenvalue weighted by Gasteiger charge is -2.32. The molecular formula is C17H31N5O. The van der Waals surface area contributed by atoms with Gasteiger partial charge in [-0.05, 0) is 25.2 Å². The third-order valence-electron chi connectivity index (χ3n) is 6.13. The minimum absolute atomic E-state index is 0.164. The maximum absolute atomic E-state index is 12.6. The average Bonchev–Trinajstić information content (AvgIpc) is 3.18. The first-order valence-corrected chi connectivity index (χ1v) is 9.45. The number of amides is 2. The van der Waals surface area contributed by atoms with Crippen LogP contribution in [-0.2, 0) is 0 Å². The molecule has 0 spiro atoms. The normalized spacial score (nSPS) is 36.6. The molecule has 6 nitrogen and oxygen atoms in total. The summed E-state index contributed by atoms with van der Waals surface area (Å²) in [5.74, 6) is 0.575. The Bertz CT molecular complexity index is 435. The van der Waals surface area contributed by atoms with Crippen LogP contribution in [0.1, 0.15) is 26.2 Å². The molecular weight excluding hydrogens is 290 g/mol. The Hall–Kier alpha value is -0.850. The Labute approximate surface area is 139 Å². The van der Waals surface area contributed by atoms with Gasteiger partial charge in [-0.25, -0.2) is 4.79 Å². The summed E-state index contributed by atoms with van der Waals surface area (Å²) in [5.41, 5.74) is 0. The highest BCUT2D eigenvalue weighted by Gasteiger charge is 2.39. The molecule has 130 valence electrons. The molecule has 3 atom stereocenters. The lowest BCUT2D eigenvalue weighted by molar-refractivity contribution is 0.168. The first kappa shape index (κ1) is 15.7. The van der Waals surface area contributed by atoms with Gasteiger partial charge in [-0.1, -0.05) is 6.92 Å². The van der Waals surface area contributed by atoms with E-state index in [9.17, 15) is 4.79 Å². The minimum Gasteiger partial charge on any atom is -0.334 e. The number of hydrogen-bond acceptors (Lipinski definition) is 4. The van der Waals surface area contributed by atoms with Crippen molar-refractivity contribution in [2.75, 3.05) is 52.4 Å². The Morgan fingerprint density at radius 3 is 2.48 bits per heavy atom. The van der Waals surface area contributed by atoms with Crippen LogP contribution in [0.25, 0.3) is 0 Å². The van der Waals surface area contributed by atoms with Gasteiger partial charge >= 0.3 is 6.03 Å². The highest BCUT2D eigenvalue weighted by atomic mass is 16.2. The van der Waals surface area contributed by atoms with Crippen LogP contribution >= 0.6 is 0 Å². The fourth-order valence-corrected chi connectivity index (χ4v) is 4.45. The van der Waals surface area contributed by atoms with Crippen LogP contribution in [0.15, 0.2) is 0 Å². The predicted molar refractivity (Wildman–Crippen MR) is 90.5 cm³/mol. The topological polar surface area (TPSA) is 50.9 Å². The second-order valence-corrected chi connectivity index (χ2v) is 7.89. The number of piperazine rings is 1. The van der Waals surface area contributed by atoms with Crippen LogP contribution < -0.4 is 10.6 Å². The third kappa shape index (κ3) is 3.49. The summed E-state index contributed by atoms with van der Waals surface area (Å²) < 4.78 is 0. The van der Waals surface area contributed by atoms with Gasteiger partial charge in [0.25, 0.3) is 0 Å². The number of hydrogen-bond donors (Lipinski definition) is 2. The van der Waals surface area contributed by atoms with Crippen LogP contribution in [0.3, 0.4) is 0 Å². The van der Waals surface area contributed by atoms with Crippen molar-refractivity contribution in [3.63, 3.8) is 0 Å². The molecule has 2 amide bonds. The summed E-state index contributed by atoms with van der Waals surface area (Å²) in [6.07, 6.45) is 3.83. The molecule has 4 fully saturated rings. The maximum atomic E-state index is 12.6. The first-order valence-electron chi connectivity index (χ1n) is 9.45. The fourth-order valence-electron chi connectivity index (χ4n) is 4.45. The lowest BCUT2D eigenvalue weighted by atomic mass is 10.1. The fraction of sp³-hybridized carbons (Fsp3) is 0.941. The standard InChI is InChI=1S/C17H31N5O/c1-13-10-22(14-2-3-14)12-16(13)19-17(23)21-7-4-15(11-21)20-8-5-18-6-9-20/h13-16,18H,2-12H2,1H3,(H,19,23). The summed E-state index contributed by atoms with van der Waals surface area (Å²) >= 11 is 0. The van der Waals surface area contributed by atoms with Crippen molar-refractivity contribution in [2.45, 2.75) is 44.3 Å². The van der Waals surface area contributed by atoms with Gasteiger partial charge in [0.05, 0.1) is 0 Å². The van der Waals surface area contributed by atoms with E-state index in [-0.39, 0.29) is 6.03 Å². The summed E-state index contributed by atoms with van der Waals surface area (Å²) in [6, 6.07) is 1.87. The number of nitrogens with one attached hydrogen (secondary N) is 2. The molecule has 6 heteroatoms. The molecule has 3 heterocycles. The molecule has 3 saturated heterocycles. The van der Waals surface area contributed by atoms with Crippen LogP contribution in [0, 0.1) is 5.92 Å². The zero-order chi connectivity index (χ0) is 15.8. The van der Waals surface area contributed by atoms with E-state index in [2.05, 4.69) is 27.4 Å². The van der Waals surface area contributed by atoms with E-state index in [4.69, 9.17) is 0 Å². The van der Waals surface area contributed by atoms with Crippen LogP contribution in [-0.4, -0.2) is 91.2 Å². The summed E-state index contributed by atoms with van der Waals surface area (Å²) in [5, 5.41) is 6.73. The number of nitrogens with zero attached hydrogens (tertiary/aromatic N) is 3. The van der Waals surface area contributed by atoms with E-state index in [0.717, 1.165) is 64.8 Å². The van der Waals surface area contributed by atoms with Crippen molar-refractivity contribution in [3.8, 4) is 0 Å². The largest absolute Gasteiger partial charge is 0.334 e. The third-order valence-corrected chi connectivity index (χ3v) is 6.13. The van der Waals surface area contributed by atoms with E-state index in [0.29, 0.717) is 18.0 Å². The Morgan fingerprint density at radius 1 is 0.957 bits per heavy atom. The van der Waals surface area contributed by atoms with Gasteiger partial charge in [-0.15, -0.1) is 0 Å². The van der Waals surface area contributed by atoms with E-state index >= 15 is 0 Å². The summed E-state index contributed by atoms with van der Waals surface area (Å²) in [7, 11) is 0. The van der Waals surface area contributed by atoms with E-state index in [1.54, 1.807) is 0 Å². The van der Waals surface area contributed by atoms with Gasteiger partial charge in [0.1, 0.15) is 0 Å². The van der Waals surface area contributed by atoms with Gasteiger partial charge in [-0.3, -0.25) is 9.80 Å². The smallest absolute Gasteiger partial charge is 0.317 e. The zero-order valence-electron chi connectivity index (χ0n) is 14.3. The van der Waals surface area contributed by atoms with E-state index < -0.39 is 0 Å². The average molecular weight is 321 g/mol. The minimum atomic E-state index is 0.164. The van der Waals surface area contributed by atoms with Gasteiger partial charge in [0, 0.05) is 70.5 Å². The van der Waals surface area contributed by atoms with Crippen molar-refractivity contribution in [2.24, 2.45) is 5.92 Å². The molecule has 0 aromatic carbocycles. The highest BCUT2D eigenvalue weighted by Crippen LogP contribution is 2.31. The number of rotatable bonds is 3. The SMILES string of the molecule is CC1CN(C2CC2)CC1NC(=O)N1CCC(N2CCNCC2)C1. The second-order valence-electron chi connectivity index (χ2n) is 7.89. The molecule has 0 aromatic rings. The van der Waals surface area contributed by atoms with Crippen LogP contribution in [0.2, 0.25) is 0 Å². The molecule has 1 saturated carbocycles. The Kier molecular flexibility index (Phi) is 4.48. The number of urea groups is 1. The predicted octanol–water partition coefficient (Wildman–Crippen LogP) is 0.158. The molecule has 4 rings (SSSR count). The number of carbonyl (C=O) groups is 1. The van der Waals surface area contributed by atoms with Gasteiger partial charge < -0.3 is 15.5 Å². The molecule has 0 bridgehead atoms. The zero-order valence-corrected chi connectivity index (χ0v) is 14.3. The van der Waals surface area contributed by atoms with Gasteiger partial charge in [0.2, 0.25) is 0 Å². The monoisotopic (exact) mass is 321 g/mol. The quantitative estimate of drug-likeness (QED) is 0.777. The Balaban J connectivity index is 1.26. The van der Waals surface area contributed by atoms with E-state index in [1.165, 1.54) is 12.8 Å². The van der Waals surface area contributed by atoms with Crippen molar-refractivity contribution >= 4 is 6.03 Å². The summed E-state index contributed by atoms with van der Waals surface area (Å²) in [6.45, 7) is 10.7.